The summed E-state index contributed by atoms with van der Waals surface area (Å²) in [4.78, 5) is 2.73. The fraction of sp³-hybridized carbons (Fsp3) is 1.00. The van der Waals surface area contributed by atoms with Gasteiger partial charge in [-0.25, -0.2) is 0 Å². The standard InChI is InChI=1S/C12H24N2S/c1-10(2)13-7-11-3-5-14(8-11)12-4-6-15-9-12/h10-13H,3-9H2,1-2H3. The van der Waals surface area contributed by atoms with Crippen LogP contribution in [0.4, 0.5) is 0 Å². The molecule has 0 radical (unpaired) electrons. The van der Waals surface area contributed by atoms with Crippen LogP contribution in [0.5, 0.6) is 0 Å². The van der Waals surface area contributed by atoms with E-state index in [1.165, 1.54) is 44.0 Å². The van der Waals surface area contributed by atoms with Crippen molar-refractivity contribution in [1.82, 2.24) is 10.2 Å². The number of thioether (sulfide) groups is 1. The second kappa shape index (κ2) is 5.55. The lowest BCUT2D eigenvalue weighted by Gasteiger charge is -2.23. The molecule has 0 saturated carbocycles. The number of likely N-dealkylation sites (tertiary alicyclic amines) is 1. The fourth-order valence-electron chi connectivity index (χ4n) is 2.57. The van der Waals surface area contributed by atoms with E-state index in [4.69, 9.17) is 0 Å². The first-order chi connectivity index (χ1) is 7.25. The summed E-state index contributed by atoms with van der Waals surface area (Å²) in [6, 6.07) is 1.54. The van der Waals surface area contributed by atoms with Crippen molar-refractivity contribution in [2.45, 2.75) is 38.8 Å². The van der Waals surface area contributed by atoms with Crippen LogP contribution in [0.1, 0.15) is 26.7 Å². The maximum Gasteiger partial charge on any atom is 0.0194 e. The van der Waals surface area contributed by atoms with E-state index >= 15 is 0 Å². The molecule has 0 aromatic rings. The lowest BCUT2D eigenvalue weighted by molar-refractivity contribution is 0.252. The average Bonchev–Trinajstić information content (AvgIpc) is 2.85. The molecule has 2 saturated heterocycles. The molecule has 2 unspecified atom stereocenters. The van der Waals surface area contributed by atoms with Crippen molar-refractivity contribution in [2.75, 3.05) is 31.1 Å². The highest BCUT2D eigenvalue weighted by atomic mass is 32.2. The predicted octanol–water partition coefficient (Wildman–Crippen LogP) is 1.81. The summed E-state index contributed by atoms with van der Waals surface area (Å²) < 4.78 is 0. The van der Waals surface area contributed by atoms with E-state index in [0.717, 1.165) is 12.0 Å². The molecule has 2 atom stereocenters. The van der Waals surface area contributed by atoms with Crippen molar-refractivity contribution in [1.29, 1.82) is 0 Å². The van der Waals surface area contributed by atoms with Crippen molar-refractivity contribution < 1.29 is 0 Å². The molecule has 0 aliphatic carbocycles. The smallest absolute Gasteiger partial charge is 0.0194 e. The minimum atomic E-state index is 0.640. The van der Waals surface area contributed by atoms with Crippen LogP contribution in [0.2, 0.25) is 0 Å². The summed E-state index contributed by atoms with van der Waals surface area (Å²) in [6.07, 6.45) is 2.83. The Bertz CT molecular complexity index is 190. The Hall–Kier alpha value is 0.270. The molecule has 88 valence electrons. The van der Waals surface area contributed by atoms with Gasteiger partial charge in [-0.2, -0.15) is 11.8 Å². The largest absolute Gasteiger partial charge is 0.314 e. The maximum absolute atomic E-state index is 3.57. The highest BCUT2D eigenvalue weighted by Gasteiger charge is 2.29. The average molecular weight is 228 g/mol. The lowest BCUT2D eigenvalue weighted by atomic mass is 10.1. The SMILES string of the molecule is CC(C)NCC1CCN(C2CCSC2)C1. The van der Waals surface area contributed by atoms with Gasteiger partial charge in [0.2, 0.25) is 0 Å². The molecule has 2 heterocycles. The Morgan fingerprint density at radius 3 is 2.93 bits per heavy atom. The molecular weight excluding hydrogens is 204 g/mol. The molecule has 0 aromatic heterocycles. The Labute approximate surface area is 98.2 Å². The minimum absolute atomic E-state index is 0.640. The van der Waals surface area contributed by atoms with E-state index in [9.17, 15) is 0 Å². The molecule has 2 aliphatic rings. The van der Waals surface area contributed by atoms with Crippen molar-refractivity contribution in [3.05, 3.63) is 0 Å². The maximum atomic E-state index is 3.57. The lowest BCUT2D eigenvalue weighted by Crippen LogP contribution is -2.35. The van der Waals surface area contributed by atoms with Crippen molar-refractivity contribution in [2.24, 2.45) is 5.92 Å². The van der Waals surface area contributed by atoms with Gasteiger partial charge >= 0.3 is 0 Å². The van der Waals surface area contributed by atoms with Crippen LogP contribution in [0.3, 0.4) is 0 Å². The van der Waals surface area contributed by atoms with Crippen LogP contribution in [-0.4, -0.2) is 48.1 Å². The normalized spacial score (nSPS) is 33.0. The van der Waals surface area contributed by atoms with Gasteiger partial charge in [-0.05, 0) is 37.6 Å². The monoisotopic (exact) mass is 228 g/mol. The van der Waals surface area contributed by atoms with Gasteiger partial charge in [0.15, 0.2) is 0 Å². The highest BCUT2D eigenvalue weighted by molar-refractivity contribution is 7.99. The van der Waals surface area contributed by atoms with E-state index in [2.05, 4.69) is 35.8 Å². The summed E-state index contributed by atoms with van der Waals surface area (Å²) in [5.74, 6) is 3.67. The Balaban J connectivity index is 1.69. The van der Waals surface area contributed by atoms with Gasteiger partial charge < -0.3 is 5.32 Å². The summed E-state index contributed by atoms with van der Waals surface area (Å²) >= 11 is 2.13. The van der Waals surface area contributed by atoms with E-state index < -0.39 is 0 Å². The summed E-state index contributed by atoms with van der Waals surface area (Å²) in [5.41, 5.74) is 0. The van der Waals surface area contributed by atoms with E-state index in [-0.39, 0.29) is 0 Å². The van der Waals surface area contributed by atoms with Crippen molar-refractivity contribution >= 4 is 11.8 Å². The van der Waals surface area contributed by atoms with Gasteiger partial charge in [-0.3, -0.25) is 4.90 Å². The number of nitrogens with one attached hydrogen (secondary N) is 1. The predicted molar refractivity (Wildman–Crippen MR) is 68.5 cm³/mol. The topological polar surface area (TPSA) is 15.3 Å². The Morgan fingerprint density at radius 2 is 2.27 bits per heavy atom. The van der Waals surface area contributed by atoms with Crippen LogP contribution < -0.4 is 5.32 Å². The van der Waals surface area contributed by atoms with E-state index in [1.54, 1.807) is 0 Å². The minimum Gasteiger partial charge on any atom is -0.314 e. The third-order valence-corrected chi connectivity index (χ3v) is 4.70. The fourth-order valence-corrected chi connectivity index (χ4v) is 3.83. The molecule has 2 rings (SSSR count). The third kappa shape index (κ3) is 3.36. The quantitative estimate of drug-likeness (QED) is 0.790. The summed E-state index contributed by atoms with van der Waals surface area (Å²) in [7, 11) is 0. The zero-order valence-electron chi connectivity index (χ0n) is 10.0. The van der Waals surface area contributed by atoms with Crippen LogP contribution in [-0.2, 0) is 0 Å². The second-order valence-corrected chi connectivity index (χ2v) is 6.38. The third-order valence-electron chi connectivity index (χ3n) is 3.55. The zero-order chi connectivity index (χ0) is 10.7. The molecule has 0 amide bonds. The molecule has 2 aliphatic heterocycles. The first-order valence-corrected chi connectivity index (χ1v) is 7.46. The first-order valence-electron chi connectivity index (χ1n) is 6.31. The first kappa shape index (κ1) is 11.7. The molecule has 0 spiro atoms. The second-order valence-electron chi connectivity index (χ2n) is 5.23. The van der Waals surface area contributed by atoms with Gasteiger partial charge in [-0.15, -0.1) is 0 Å². The number of nitrogens with zero attached hydrogens (tertiary/aromatic N) is 1. The van der Waals surface area contributed by atoms with Crippen LogP contribution in [0.25, 0.3) is 0 Å². The highest BCUT2D eigenvalue weighted by Crippen LogP contribution is 2.27. The number of hydrogen-bond acceptors (Lipinski definition) is 3. The van der Waals surface area contributed by atoms with Crippen molar-refractivity contribution in [3.63, 3.8) is 0 Å². The van der Waals surface area contributed by atoms with Gasteiger partial charge in [0, 0.05) is 24.4 Å². The Kier molecular flexibility index (Phi) is 4.35. The molecule has 2 nitrogen and oxygen atoms in total. The molecule has 3 heteroatoms. The summed E-state index contributed by atoms with van der Waals surface area (Å²) in [6.45, 7) is 8.37. The van der Waals surface area contributed by atoms with Gasteiger partial charge in [0.05, 0.1) is 0 Å². The number of hydrogen-bond donors (Lipinski definition) is 1. The van der Waals surface area contributed by atoms with Gasteiger partial charge in [0.1, 0.15) is 0 Å². The van der Waals surface area contributed by atoms with Gasteiger partial charge in [0.25, 0.3) is 0 Å². The van der Waals surface area contributed by atoms with Crippen LogP contribution in [0.15, 0.2) is 0 Å². The summed E-state index contributed by atoms with van der Waals surface area (Å²) in [5, 5.41) is 3.57. The number of rotatable bonds is 4. The molecule has 15 heavy (non-hydrogen) atoms. The van der Waals surface area contributed by atoms with Crippen LogP contribution >= 0.6 is 11.8 Å². The van der Waals surface area contributed by atoms with E-state index in [1.807, 2.05) is 0 Å². The zero-order valence-corrected chi connectivity index (χ0v) is 10.9. The van der Waals surface area contributed by atoms with E-state index in [0.29, 0.717) is 6.04 Å². The van der Waals surface area contributed by atoms with Crippen molar-refractivity contribution in [3.8, 4) is 0 Å². The molecule has 0 aromatic carbocycles. The molecule has 0 bridgehead atoms. The molecule has 2 fully saturated rings. The van der Waals surface area contributed by atoms with Crippen LogP contribution in [0, 0.1) is 5.92 Å². The van der Waals surface area contributed by atoms with Gasteiger partial charge in [-0.1, -0.05) is 13.8 Å². The Morgan fingerprint density at radius 1 is 1.40 bits per heavy atom. The molecular formula is C12H24N2S. The molecule has 1 N–H and O–H groups in total.